The van der Waals surface area contributed by atoms with E-state index in [1.807, 2.05) is 0 Å². The Morgan fingerprint density at radius 2 is 1.79 bits per heavy atom. The van der Waals surface area contributed by atoms with Gasteiger partial charge < -0.3 is 10.1 Å². The highest BCUT2D eigenvalue weighted by Gasteiger charge is 2.43. The Bertz CT molecular complexity index is 870. The highest BCUT2D eigenvalue weighted by atomic mass is 16.3. The number of piperidine rings is 1. The van der Waals surface area contributed by atoms with Crippen LogP contribution in [-0.4, -0.2) is 27.1 Å². The van der Waals surface area contributed by atoms with E-state index in [9.17, 15) is 5.11 Å². The third-order valence-electron chi connectivity index (χ3n) is 5.81. The lowest BCUT2D eigenvalue weighted by Gasteiger charge is -2.48. The average molecular weight is 318 g/mol. The van der Waals surface area contributed by atoms with Crippen molar-refractivity contribution < 1.29 is 5.11 Å². The molecule has 1 saturated heterocycles. The summed E-state index contributed by atoms with van der Waals surface area (Å²) < 4.78 is 0. The molecule has 3 heterocycles. The standard InChI is InChI=1S/C21H22N2O/c24-20-11-10-18-21-16(15-8-4-5-9-17(15)22-21)12-19(20)23(18)13-14-6-2-1-3-7-14/h1-9,18-20,22,24H,10-13H2/t18-,19-,20-/m1/s1. The van der Waals surface area contributed by atoms with Crippen LogP contribution in [0.2, 0.25) is 0 Å². The summed E-state index contributed by atoms with van der Waals surface area (Å²) in [6.07, 6.45) is 2.62. The number of rotatable bonds is 2. The monoisotopic (exact) mass is 318 g/mol. The van der Waals surface area contributed by atoms with Crippen LogP contribution in [-0.2, 0) is 13.0 Å². The van der Waals surface area contributed by atoms with E-state index >= 15 is 0 Å². The second kappa shape index (κ2) is 5.47. The molecule has 0 amide bonds. The van der Waals surface area contributed by atoms with Crippen LogP contribution in [0, 0.1) is 0 Å². The van der Waals surface area contributed by atoms with E-state index in [4.69, 9.17) is 0 Å². The number of para-hydroxylation sites is 1. The van der Waals surface area contributed by atoms with Crippen molar-refractivity contribution >= 4 is 10.9 Å². The van der Waals surface area contributed by atoms with E-state index in [2.05, 4.69) is 64.5 Å². The first kappa shape index (κ1) is 14.3. The SMILES string of the molecule is O[C@@H]1CC[C@@H]2c3[nH]c4ccccc4c3C[C@H]1N2Cc1ccccc1. The Kier molecular flexibility index (Phi) is 3.25. The van der Waals surface area contributed by atoms with Crippen molar-refractivity contribution in [3.8, 4) is 0 Å². The zero-order chi connectivity index (χ0) is 16.1. The van der Waals surface area contributed by atoms with E-state index in [0.717, 1.165) is 25.8 Å². The van der Waals surface area contributed by atoms with Gasteiger partial charge in [0, 0.05) is 29.2 Å². The molecule has 2 aromatic carbocycles. The lowest BCUT2D eigenvalue weighted by atomic mass is 9.80. The molecule has 1 fully saturated rings. The van der Waals surface area contributed by atoms with Crippen LogP contribution in [0.1, 0.15) is 35.7 Å². The van der Waals surface area contributed by atoms with Gasteiger partial charge in [-0.1, -0.05) is 48.5 Å². The highest BCUT2D eigenvalue weighted by Crippen LogP contribution is 2.44. The maximum absolute atomic E-state index is 10.7. The maximum atomic E-state index is 10.7. The van der Waals surface area contributed by atoms with E-state index in [1.54, 1.807) is 0 Å². The third-order valence-corrected chi connectivity index (χ3v) is 5.81. The van der Waals surface area contributed by atoms with Crippen LogP contribution in [0.3, 0.4) is 0 Å². The molecule has 0 saturated carbocycles. The number of aromatic amines is 1. The first-order valence-corrected chi connectivity index (χ1v) is 8.88. The van der Waals surface area contributed by atoms with Gasteiger partial charge in [-0.15, -0.1) is 0 Å². The molecule has 0 spiro atoms. The van der Waals surface area contributed by atoms with Gasteiger partial charge in [0.1, 0.15) is 0 Å². The molecule has 2 N–H and O–H groups in total. The molecule has 0 aliphatic carbocycles. The highest BCUT2D eigenvalue weighted by molar-refractivity contribution is 5.85. The van der Waals surface area contributed by atoms with Gasteiger partial charge in [-0.2, -0.15) is 0 Å². The number of aliphatic hydroxyl groups excluding tert-OH is 1. The fourth-order valence-corrected chi connectivity index (χ4v) is 4.66. The summed E-state index contributed by atoms with van der Waals surface area (Å²) in [6, 6.07) is 19.8. The van der Waals surface area contributed by atoms with Crippen molar-refractivity contribution in [2.75, 3.05) is 0 Å². The smallest absolute Gasteiger partial charge is 0.0699 e. The minimum Gasteiger partial charge on any atom is -0.391 e. The number of nitrogens with zero attached hydrogens (tertiary/aromatic N) is 1. The van der Waals surface area contributed by atoms with E-state index < -0.39 is 0 Å². The molecule has 2 bridgehead atoms. The summed E-state index contributed by atoms with van der Waals surface area (Å²) in [5.74, 6) is 0. The van der Waals surface area contributed by atoms with Gasteiger partial charge in [-0.3, -0.25) is 4.90 Å². The van der Waals surface area contributed by atoms with Crippen molar-refractivity contribution in [3.05, 3.63) is 71.4 Å². The van der Waals surface area contributed by atoms with Crippen molar-refractivity contribution in [2.45, 2.75) is 44.0 Å². The normalized spacial score (nSPS) is 26.5. The maximum Gasteiger partial charge on any atom is 0.0699 e. The lowest BCUT2D eigenvalue weighted by molar-refractivity contribution is -0.0368. The summed E-state index contributed by atoms with van der Waals surface area (Å²) in [4.78, 5) is 6.19. The Balaban J connectivity index is 1.59. The molecule has 3 atom stereocenters. The summed E-state index contributed by atoms with van der Waals surface area (Å²) >= 11 is 0. The van der Waals surface area contributed by atoms with Gasteiger partial charge in [-0.25, -0.2) is 0 Å². The number of hydrogen-bond acceptors (Lipinski definition) is 2. The Morgan fingerprint density at radius 1 is 1.00 bits per heavy atom. The Morgan fingerprint density at radius 3 is 2.67 bits per heavy atom. The molecule has 122 valence electrons. The summed E-state index contributed by atoms with van der Waals surface area (Å²) in [5.41, 5.74) is 5.34. The predicted octanol–water partition coefficient (Wildman–Crippen LogP) is 3.79. The molecular weight excluding hydrogens is 296 g/mol. The molecule has 2 aliphatic heterocycles. The van der Waals surface area contributed by atoms with E-state index in [-0.39, 0.29) is 12.1 Å². The zero-order valence-corrected chi connectivity index (χ0v) is 13.7. The van der Waals surface area contributed by atoms with Crippen LogP contribution in [0.15, 0.2) is 54.6 Å². The van der Waals surface area contributed by atoms with Gasteiger partial charge in [0.2, 0.25) is 0 Å². The minimum atomic E-state index is -0.230. The van der Waals surface area contributed by atoms with Crippen molar-refractivity contribution in [2.24, 2.45) is 0 Å². The molecule has 1 aromatic heterocycles. The van der Waals surface area contributed by atoms with Crippen LogP contribution >= 0.6 is 0 Å². The van der Waals surface area contributed by atoms with Gasteiger partial charge in [-0.05, 0) is 36.5 Å². The number of aliphatic hydroxyl groups is 1. The second-order valence-electron chi connectivity index (χ2n) is 7.15. The molecule has 3 heteroatoms. The number of nitrogens with one attached hydrogen (secondary N) is 1. The fourth-order valence-electron chi connectivity index (χ4n) is 4.66. The topological polar surface area (TPSA) is 39.3 Å². The first-order valence-electron chi connectivity index (χ1n) is 8.88. The van der Waals surface area contributed by atoms with E-state index in [0.29, 0.717) is 6.04 Å². The molecule has 0 radical (unpaired) electrons. The number of hydrogen-bond donors (Lipinski definition) is 2. The third kappa shape index (κ3) is 2.12. The largest absolute Gasteiger partial charge is 0.391 e. The number of H-pyrrole nitrogens is 1. The fraction of sp³-hybridized carbons (Fsp3) is 0.333. The number of aromatic nitrogens is 1. The van der Waals surface area contributed by atoms with Gasteiger partial charge in [0.05, 0.1) is 12.1 Å². The molecule has 2 aliphatic rings. The molecule has 0 unspecified atom stereocenters. The Labute approximate surface area is 141 Å². The van der Waals surface area contributed by atoms with Gasteiger partial charge in [0.25, 0.3) is 0 Å². The van der Waals surface area contributed by atoms with E-state index in [1.165, 1.54) is 27.7 Å². The molecule has 5 rings (SSSR count). The van der Waals surface area contributed by atoms with Crippen LogP contribution in [0.25, 0.3) is 10.9 Å². The van der Waals surface area contributed by atoms with Crippen molar-refractivity contribution in [1.82, 2.24) is 9.88 Å². The molecule has 3 aromatic rings. The number of fused-ring (bicyclic) bond motifs is 6. The quantitative estimate of drug-likeness (QED) is 0.754. The molecular formula is C21H22N2O. The van der Waals surface area contributed by atoms with Gasteiger partial charge >= 0.3 is 0 Å². The van der Waals surface area contributed by atoms with Gasteiger partial charge in [0.15, 0.2) is 0 Å². The average Bonchev–Trinajstić information content (AvgIpc) is 2.98. The Hall–Kier alpha value is -2.10. The van der Waals surface area contributed by atoms with Crippen LogP contribution in [0.5, 0.6) is 0 Å². The number of benzene rings is 2. The zero-order valence-electron chi connectivity index (χ0n) is 13.7. The van der Waals surface area contributed by atoms with Crippen LogP contribution in [0.4, 0.5) is 0 Å². The summed E-state index contributed by atoms with van der Waals surface area (Å²) in [7, 11) is 0. The minimum absolute atomic E-state index is 0.218. The molecule has 24 heavy (non-hydrogen) atoms. The van der Waals surface area contributed by atoms with Crippen LogP contribution < -0.4 is 0 Å². The second-order valence-corrected chi connectivity index (χ2v) is 7.15. The summed E-state index contributed by atoms with van der Waals surface area (Å²) in [6.45, 7) is 0.905. The molecule has 3 nitrogen and oxygen atoms in total. The lowest BCUT2D eigenvalue weighted by Crippen LogP contribution is -2.53. The van der Waals surface area contributed by atoms with Crippen molar-refractivity contribution in [3.63, 3.8) is 0 Å². The van der Waals surface area contributed by atoms with Crippen molar-refractivity contribution in [1.29, 1.82) is 0 Å². The summed E-state index contributed by atoms with van der Waals surface area (Å²) in [5, 5.41) is 12.0. The first-order chi connectivity index (χ1) is 11.8. The predicted molar refractivity (Wildman–Crippen MR) is 95.8 cm³/mol.